The first-order valence-corrected chi connectivity index (χ1v) is 7.67. The molecule has 1 heterocycles. The number of benzene rings is 2. The molecule has 1 aromatic heterocycles. The van der Waals surface area contributed by atoms with Gasteiger partial charge in [-0.25, -0.2) is 4.39 Å². The van der Waals surface area contributed by atoms with Gasteiger partial charge in [0.1, 0.15) is 22.8 Å². The van der Waals surface area contributed by atoms with Gasteiger partial charge < -0.3 is 14.8 Å². The number of para-hydroxylation sites is 1. The fourth-order valence-corrected chi connectivity index (χ4v) is 2.46. The van der Waals surface area contributed by atoms with E-state index < -0.39 is 5.60 Å². The lowest BCUT2D eigenvalue weighted by molar-refractivity contribution is -0.121. The van der Waals surface area contributed by atoms with E-state index in [1.165, 1.54) is 12.1 Å². The van der Waals surface area contributed by atoms with E-state index in [0.29, 0.717) is 16.9 Å². The third-order valence-electron chi connectivity index (χ3n) is 3.86. The van der Waals surface area contributed by atoms with Crippen LogP contribution >= 0.6 is 0 Å². The highest BCUT2D eigenvalue weighted by Crippen LogP contribution is 2.27. The molecule has 0 saturated carbocycles. The molecule has 3 rings (SSSR count). The lowest BCUT2D eigenvalue weighted by Gasteiger charge is -2.21. The van der Waals surface area contributed by atoms with Crippen molar-refractivity contribution in [3.63, 3.8) is 0 Å². The number of nitrogens with one attached hydrogen (secondary N) is 1. The molecule has 0 saturated heterocycles. The van der Waals surface area contributed by atoms with Crippen molar-refractivity contribution in [2.75, 3.05) is 6.54 Å². The molecule has 0 aliphatic carbocycles. The smallest absolute Gasteiger partial charge is 0.224 e. The van der Waals surface area contributed by atoms with Crippen LogP contribution < -0.4 is 5.32 Å². The first-order valence-electron chi connectivity index (χ1n) is 7.67. The van der Waals surface area contributed by atoms with Gasteiger partial charge in [-0.15, -0.1) is 0 Å². The van der Waals surface area contributed by atoms with Crippen molar-refractivity contribution in [2.45, 2.75) is 18.9 Å². The first kappa shape index (κ1) is 16.2. The van der Waals surface area contributed by atoms with Gasteiger partial charge in [0.25, 0.3) is 0 Å². The third-order valence-corrected chi connectivity index (χ3v) is 3.86. The van der Waals surface area contributed by atoms with Crippen LogP contribution in [0.1, 0.15) is 18.2 Å². The Morgan fingerprint density at radius 1 is 1.21 bits per heavy atom. The maximum Gasteiger partial charge on any atom is 0.224 e. The number of fused-ring (bicyclic) bond motifs is 1. The Bertz CT molecular complexity index is 819. The summed E-state index contributed by atoms with van der Waals surface area (Å²) >= 11 is 0. The standard InChI is InChI=1S/C19H18FNO3/c1-19(23,17-11-14-4-2-3-5-16(14)24-17)12-21-18(22)10-13-6-8-15(20)9-7-13/h2-9,11,23H,10,12H2,1H3,(H,21,22). The largest absolute Gasteiger partial charge is 0.458 e. The topological polar surface area (TPSA) is 62.5 Å². The highest BCUT2D eigenvalue weighted by molar-refractivity contribution is 5.79. The summed E-state index contributed by atoms with van der Waals surface area (Å²) in [6.07, 6.45) is 0.122. The molecule has 24 heavy (non-hydrogen) atoms. The number of halogens is 1. The zero-order valence-corrected chi connectivity index (χ0v) is 13.3. The van der Waals surface area contributed by atoms with Crippen LogP contribution in [0.4, 0.5) is 4.39 Å². The molecule has 124 valence electrons. The van der Waals surface area contributed by atoms with Crippen molar-refractivity contribution in [2.24, 2.45) is 0 Å². The minimum atomic E-state index is -1.32. The molecule has 2 aromatic carbocycles. The van der Waals surface area contributed by atoms with Crippen LogP contribution in [0.15, 0.2) is 59.0 Å². The molecule has 5 heteroatoms. The molecule has 3 aromatic rings. The highest BCUT2D eigenvalue weighted by atomic mass is 19.1. The van der Waals surface area contributed by atoms with Crippen LogP contribution in [0, 0.1) is 5.82 Å². The molecule has 4 nitrogen and oxygen atoms in total. The molecular formula is C19H18FNO3. The predicted molar refractivity (Wildman–Crippen MR) is 88.9 cm³/mol. The monoisotopic (exact) mass is 327 g/mol. The van der Waals surface area contributed by atoms with E-state index in [2.05, 4.69) is 5.32 Å². The van der Waals surface area contributed by atoms with E-state index in [1.807, 2.05) is 24.3 Å². The second kappa shape index (κ2) is 6.45. The first-order chi connectivity index (χ1) is 11.4. The number of hydrogen-bond donors (Lipinski definition) is 2. The second-order valence-electron chi connectivity index (χ2n) is 6.00. The quantitative estimate of drug-likeness (QED) is 0.757. The number of carbonyl (C=O) groups excluding carboxylic acids is 1. The highest BCUT2D eigenvalue weighted by Gasteiger charge is 2.28. The van der Waals surface area contributed by atoms with Crippen LogP contribution in [0.25, 0.3) is 11.0 Å². The van der Waals surface area contributed by atoms with E-state index in [0.717, 1.165) is 5.39 Å². The fourth-order valence-electron chi connectivity index (χ4n) is 2.46. The van der Waals surface area contributed by atoms with Gasteiger partial charge in [-0.2, -0.15) is 0 Å². The minimum absolute atomic E-state index is 0.0207. The molecule has 2 N–H and O–H groups in total. The van der Waals surface area contributed by atoms with Gasteiger partial charge >= 0.3 is 0 Å². The Hall–Kier alpha value is -2.66. The van der Waals surface area contributed by atoms with Crippen molar-refractivity contribution in [1.29, 1.82) is 0 Å². The number of carbonyl (C=O) groups is 1. The molecule has 0 fully saturated rings. The van der Waals surface area contributed by atoms with Crippen molar-refractivity contribution < 1.29 is 18.7 Å². The molecule has 1 atom stereocenters. The Balaban J connectivity index is 1.63. The van der Waals surface area contributed by atoms with E-state index in [9.17, 15) is 14.3 Å². The summed E-state index contributed by atoms with van der Waals surface area (Å²) in [5.41, 5.74) is 0.0694. The van der Waals surface area contributed by atoms with Crippen LogP contribution in [-0.2, 0) is 16.8 Å². The second-order valence-corrected chi connectivity index (χ2v) is 6.00. The lowest BCUT2D eigenvalue weighted by Crippen LogP contribution is -2.39. The zero-order valence-electron chi connectivity index (χ0n) is 13.3. The van der Waals surface area contributed by atoms with Crippen LogP contribution in [0.5, 0.6) is 0 Å². The number of hydrogen-bond acceptors (Lipinski definition) is 3. The molecule has 0 bridgehead atoms. The third kappa shape index (κ3) is 3.63. The Labute approximate surface area is 138 Å². The Morgan fingerprint density at radius 3 is 2.62 bits per heavy atom. The van der Waals surface area contributed by atoms with Crippen LogP contribution in [-0.4, -0.2) is 17.6 Å². The zero-order chi connectivity index (χ0) is 17.2. The molecule has 0 spiro atoms. The summed E-state index contributed by atoms with van der Waals surface area (Å²) in [6.45, 7) is 1.61. The molecule has 0 radical (unpaired) electrons. The SMILES string of the molecule is CC(O)(CNC(=O)Cc1ccc(F)cc1)c1cc2ccccc2o1. The normalized spacial score (nSPS) is 13.6. The van der Waals surface area contributed by atoms with E-state index in [1.54, 1.807) is 25.1 Å². The number of amides is 1. The number of aliphatic hydroxyl groups is 1. The maximum atomic E-state index is 12.9. The van der Waals surface area contributed by atoms with E-state index in [-0.39, 0.29) is 24.7 Å². The summed E-state index contributed by atoms with van der Waals surface area (Å²) in [6, 6.07) is 15.0. The summed E-state index contributed by atoms with van der Waals surface area (Å²) in [5.74, 6) is -0.198. The van der Waals surface area contributed by atoms with E-state index in [4.69, 9.17) is 4.42 Å². The maximum absolute atomic E-state index is 12.9. The van der Waals surface area contributed by atoms with Crippen molar-refractivity contribution in [1.82, 2.24) is 5.32 Å². The summed E-state index contributed by atoms with van der Waals surface area (Å²) in [4.78, 5) is 12.0. The molecule has 0 aliphatic rings. The van der Waals surface area contributed by atoms with Gasteiger partial charge in [0.15, 0.2) is 0 Å². The average molecular weight is 327 g/mol. The van der Waals surface area contributed by atoms with Gasteiger partial charge in [-0.1, -0.05) is 30.3 Å². The van der Waals surface area contributed by atoms with Crippen molar-refractivity contribution in [3.8, 4) is 0 Å². The molecular weight excluding hydrogens is 309 g/mol. The van der Waals surface area contributed by atoms with Crippen molar-refractivity contribution in [3.05, 3.63) is 71.7 Å². The van der Waals surface area contributed by atoms with Crippen LogP contribution in [0.2, 0.25) is 0 Å². The van der Waals surface area contributed by atoms with Gasteiger partial charge in [0, 0.05) is 5.39 Å². The van der Waals surface area contributed by atoms with Crippen molar-refractivity contribution >= 4 is 16.9 Å². The lowest BCUT2D eigenvalue weighted by atomic mass is 10.0. The minimum Gasteiger partial charge on any atom is -0.458 e. The van der Waals surface area contributed by atoms with Gasteiger partial charge in [0.2, 0.25) is 5.91 Å². The van der Waals surface area contributed by atoms with Gasteiger partial charge in [-0.3, -0.25) is 4.79 Å². The Morgan fingerprint density at radius 2 is 1.92 bits per heavy atom. The molecule has 0 aliphatic heterocycles. The Kier molecular flexibility index (Phi) is 4.36. The van der Waals surface area contributed by atoms with Crippen LogP contribution in [0.3, 0.4) is 0 Å². The molecule has 1 unspecified atom stereocenters. The van der Waals surface area contributed by atoms with Gasteiger partial charge in [0.05, 0.1) is 13.0 Å². The average Bonchev–Trinajstić information content (AvgIpc) is 3.00. The summed E-state index contributed by atoms with van der Waals surface area (Å²) < 4.78 is 18.5. The van der Waals surface area contributed by atoms with E-state index >= 15 is 0 Å². The number of rotatable bonds is 5. The summed E-state index contributed by atoms with van der Waals surface area (Å²) in [7, 11) is 0. The molecule has 1 amide bonds. The predicted octanol–water partition coefficient (Wildman–Crippen LogP) is 3.14. The number of furan rings is 1. The van der Waals surface area contributed by atoms with Gasteiger partial charge in [-0.05, 0) is 36.8 Å². The fraction of sp³-hybridized carbons (Fsp3) is 0.211. The summed E-state index contributed by atoms with van der Waals surface area (Å²) in [5, 5.41) is 14.2.